The normalized spacial score (nSPS) is 20.4. The fourth-order valence-corrected chi connectivity index (χ4v) is 3.57. The highest BCUT2D eigenvalue weighted by Crippen LogP contribution is 2.36. The smallest absolute Gasteiger partial charge is 0.318 e. The molecule has 1 saturated heterocycles. The van der Waals surface area contributed by atoms with Gasteiger partial charge in [0.15, 0.2) is 0 Å². The Morgan fingerprint density at radius 2 is 2.22 bits per heavy atom. The van der Waals surface area contributed by atoms with Gasteiger partial charge in [0.25, 0.3) is 0 Å². The van der Waals surface area contributed by atoms with E-state index in [-0.39, 0.29) is 12.1 Å². The summed E-state index contributed by atoms with van der Waals surface area (Å²) in [6, 6.07) is 6.13. The maximum absolute atomic E-state index is 12.2. The van der Waals surface area contributed by atoms with E-state index in [0.717, 1.165) is 8.66 Å². The Hall–Kier alpha value is -1.06. The van der Waals surface area contributed by atoms with Crippen molar-refractivity contribution in [2.45, 2.75) is 25.4 Å². The number of nitriles is 1. The molecule has 1 unspecified atom stereocenters. The van der Waals surface area contributed by atoms with Crippen molar-refractivity contribution in [3.8, 4) is 6.07 Å². The van der Waals surface area contributed by atoms with E-state index >= 15 is 0 Å². The van der Waals surface area contributed by atoms with Gasteiger partial charge >= 0.3 is 6.03 Å². The third-order valence-electron chi connectivity index (χ3n) is 3.23. The molecule has 2 rings (SSSR count). The Labute approximate surface area is 119 Å². The molecule has 2 amide bonds. The van der Waals surface area contributed by atoms with Crippen LogP contribution in [0.3, 0.4) is 0 Å². The quantitative estimate of drug-likeness (QED) is 0.837. The lowest BCUT2D eigenvalue weighted by molar-refractivity contribution is 0.172. The van der Waals surface area contributed by atoms with Crippen molar-refractivity contribution < 1.29 is 4.79 Å². The Morgan fingerprint density at radius 1 is 1.56 bits per heavy atom. The number of carbonyl (C=O) groups excluding carboxylic acids is 1. The van der Waals surface area contributed by atoms with E-state index in [4.69, 9.17) is 5.26 Å². The molecule has 1 fully saturated rings. The molecule has 0 spiro atoms. The summed E-state index contributed by atoms with van der Waals surface area (Å²) in [5.74, 6) is 0. The number of likely N-dealkylation sites (N-methyl/N-ethyl adjacent to an activating group) is 1. The van der Waals surface area contributed by atoms with Crippen LogP contribution in [0.2, 0.25) is 0 Å². The summed E-state index contributed by atoms with van der Waals surface area (Å²) in [5.41, 5.74) is -0.769. The van der Waals surface area contributed by atoms with Crippen LogP contribution in [0.5, 0.6) is 0 Å². The average molecular weight is 328 g/mol. The van der Waals surface area contributed by atoms with E-state index in [1.807, 2.05) is 12.1 Å². The highest BCUT2D eigenvalue weighted by molar-refractivity contribution is 9.11. The molecule has 4 nitrogen and oxygen atoms in total. The molecule has 0 aliphatic carbocycles. The van der Waals surface area contributed by atoms with Crippen molar-refractivity contribution >= 4 is 33.3 Å². The molecular formula is C12H14BrN3OS. The molecule has 96 valence electrons. The van der Waals surface area contributed by atoms with Crippen molar-refractivity contribution in [3.05, 3.63) is 20.8 Å². The maximum atomic E-state index is 12.2. The lowest BCUT2D eigenvalue weighted by Crippen LogP contribution is -2.44. The van der Waals surface area contributed by atoms with Crippen LogP contribution in [0.25, 0.3) is 0 Å². The molecule has 18 heavy (non-hydrogen) atoms. The lowest BCUT2D eigenvalue weighted by atomic mass is 10.1. The number of rotatable bonds is 2. The maximum Gasteiger partial charge on any atom is 0.321 e. The molecule has 0 aromatic carbocycles. The van der Waals surface area contributed by atoms with E-state index in [0.29, 0.717) is 6.54 Å². The monoisotopic (exact) mass is 327 g/mol. The lowest BCUT2D eigenvalue weighted by Gasteiger charge is -2.27. The summed E-state index contributed by atoms with van der Waals surface area (Å²) in [4.78, 5) is 16.7. The Bertz CT molecular complexity index is 520. The number of amides is 2. The molecule has 1 aromatic heterocycles. The standard InChI is InChI=1S/C12H14BrN3OS/c1-12(2,7-14)16-6-8(15(3)11(16)17)9-4-5-10(13)18-9/h4-5,8H,6H2,1-3H3. The van der Waals surface area contributed by atoms with Crippen molar-refractivity contribution in [3.63, 3.8) is 0 Å². The molecule has 1 aliphatic heterocycles. The molecular weight excluding hydrogens is 314 g/mol. The molecule has 0 N–H and O–H groups in total. The summed E-state index contributed by atoms with van der Waals surface area (Å²) >= 11 is 5.06. The summed E-state index contributed by atoms with van der Waals surface area (Å²) in [5, 5.41) is 9.15. The Kier molecular flexibility index (Phi) is 3.39. The second-order valence-electron chi connectivity index (χ2n) is 4.83. The number of carbonyl (C=O) groups is 1. The fraction of sp³-hybridized carbons (Fsp3) is 0.500. The first-order valence-electron chi connectivity index (χ1n) is 5.58. The number of thiophene rings is 1. The van der Waals surface area contributed by atoms with Gasteiger partial charge in [0, 0.05) is 18.5 Å². The first kappa shape index (κ1) is 13.4. The predicted octanol–water partition coefficient (Wildman–Crippen LogP) is 3.22. The van der Waals surface area contributed by atoms with Gasteiger partial charge in [0.05, 0.1) is 15.9 Å². The SMILES string of the molecule is CN1C(=O)N(C(C)(C)C#N)CC1c1ccc(Br)s1. The first-order chi connectivity index (χ1) is 8.36. The summed E-state index contributed by atoms with van der Waals surface area (Å²) < 4.78 is 1.05. The van der Waals surface area contributed by atoms with Crippen molar-refractivity contribution in [2.24, 2.45) is 0 Å². The highest BCUT2D eigenvalue weighted by Gasteiger charge is 2.43. The van der Waals surface area contributed by atoms with Crippen molar-refractivity contribution in [2.75, 3.05) is 13.6 Å². The predicted molar refractivity (Wildman–Crippen MR) is 74.3 cm³/mol. The third-order valence-corrected chi connectivity index (χ3v) is 4.95. The largest absolute Gasteiger partial charge is 0.321 e. The second kappa shape index (κ2) is 4.56. The molecule has 0 radical (unpaired) electrons. The van der Waals surface area contributed by atoms with Crippen LogP contribution in [-0.2, 0) is 0 Å². The summed E-state index contributed by atoms with van der Waals surface area (Å²) in [7, 11) is 1.79. The van der Waals surface area contributed by atoms with Gasteiger partial charge in [-0.25, -0.2) is 4.79 Å². The minimum atomic E-state index is -0.769. The van der Waals surface area contributed by atoms with E-state index in [1.54, 1.807) is 42.0 Å². The molecule has 6 heteroatoms. The number of hydrogen-bond acceptors (Lipinski definition) is 3. The van der Waals surface area contributed by atoms with Crippen LogP contribution in [-0.4, -0.2) is 35.0 Å². The number of hydrogen-bond donors (Lipinski definition) is 0. The molecule has 0 saturated carbocycles. The first-order valence-corrected chi connectivity index (χ1v) is 7.18. The van der Waals surface area contributed by atoms with Crippen LogP contribution in [0.15, 0.2) is 15.9 Å². The third kappa shape index (κ3) is 2.13. The van der Waals surface area contributed by atoms with Gasteiger partial charge in [-0.1, -0.05) is 0 Å². The van der Waals surface area contributed by atoms with Crippen LogP contribution in [0.1, 0.15) is 24.8 Å². The summed E-state index contributed by atoms with van der Waals surface area (Å²) in [6.07, 6.45) is 0. The number of nitrogens with zero attached hydrogens (tertiary/aromatic N) is 3. The molecule has 1 aromatic rings. The fourth-order valence-electron chi connectivity index (χ4n) is 2.01. The van der Waals surface area contributed by atoms with Gasteiger partial charge in [-0.15, -0.1) is 11.3 Å². The van der Waals surface area contributed by atoms with E-state index < -0.39 is 5.54 Å². The van der Waals surface area contributed by atoms with Gasteiger partial charge in [0.2, 0.25) is 0 Å². The number of urea groups is 1. The zero-order valence-electron chi connectivity index (χ0n) is 10.5. The number of halogens is 1. The van der Waals surface area contributed by atoms with Gasteiger partial charge in [-0.2, -0.15) is 5.26 Å². The van der Waals surface area contributed by atoms with E-state index in [1.165, 1.54) is 0 Å². The van der Waals surface area contributed by atoms with Crippen LogP contribution < -0.4 is 0 Å². The van der Waals surface area contributed by atoms with Gasteiger partial charge in [-0.3, -0.25) is 0 Å². The van der Waals surface area contributed by atoms with Gasteiger partial charge in [0.1, 0.15) is 5.54 Å². The van der Waals surface area contributed by atoms with Crippen molar-refractivity contribution in [1.82, 2.24) is 9.80 Å². The Morgan fingerprint density at radius 3 is 2.72 bits per heavy atom. The topological polar surface area (TPSA) is 47.3 Å². The zero-order valence-corrected chi connectivity index (χ0v) is 12.9. The second-order valence-corrected chi connectivity index (χ2v) is 7.33. The van der Waals surface area contributed by atoms with Crippen LogP contribution in [0.4, 0.5) is 4.79 Å². The molecule has 1 aliphatic rings. The van der Waals surface area contributed by atoms with Gasteiger partial charge in [-0.05, 0) is 41.9 Å². The molecule has 2 heterocycles. The molecule has 0 bridgehead atoms. The van der Waals surface area contributed by atoms with Gasteiger partial charge < -0.3 is 9.80 Å². The highest BCUT2D eigenvalue weighted by atomic mass is 79.9. The zero-order chi connectivity index (χ0) is 13.5. The van der Waals surface area contributed by atoms with Crippen LogP contribution in [0, 0.1) is 11.3 Å². The van der Waals surface area contributed by atoms with E-state index in [9.17, 15) is 4.79 Å². The van der Waals surface area contributed by atoms with Crippen molar-refractivity contribution in [1.29, 1.82) is 5.26 Å². The van der Waals surface area contributed by atoms with E-state index in [2.05, 4.69) is 22.0 Å². The average Bonchev–Trinajstić information content (AvgIpc) is 2.86. The Balaban J connectivity index is 2.28. The molecule has 1 atom stereocenters. The van der Waals surface area contributed by atoms with Crippen LogP contribution >= 0.6 is 27.3 Å². The summed E-state index contributed by atoms with van der Waals surface area (Å²) in [6.45, 7) is 4.10. The minimum absolute atomic E-state index is 0.0291. The minimum Gasteiger partial charge on any atom is -0.318 e.